The van der Waals surface area contributed by atoms with Gasteiger partial charge in [-0.2, -0.15) is 0 Å². The average Bonchev–Trinajstić information content (AvgIpc) is 3.39. The van der Waals surface area contributed by atoms with Crippen LogP contribution in [0.5, 0.6) is 0 Å². The van der Waals surface area contributed by atoms with Crippen LogP contribution in [-0.2, 0) is 4.74 Å². The van der Waals surface area contributed by atoms with Gasteiger partial charge in [-0.05, 0) is 23.6 Å². The summed E-state index contributed by atoms with van der Waals surface area (Å²) >= 11 is 1.41. The first-order valence-electron chi connectivity index (χ1n) is 9.93. The van der Waals surface area contributed by atoms with Gasteiger partial charge in [0.2, 0.25) is 5.78 Å². The van der Waals surface area contributed by atoms with Crippen LogP contribution in [0.3, 0.4) is 0 Å². The number of ketones is 1. The zero-order valence-corrected chi connectivity index (χ0v) is 17.1. The zero-order valence-electron chi connectivity index (χ0n) is 16.3. The number of fused-ring (bicyclic) bond motifs is 2. The van der Waals surface area contributed by atoms with Crippen LogP contribution in [0, 0.1) is 0 Å². The molecule has 2 aromatic heterocycles. The van der Waals surface area contributed by atoms with Crippen LogP contribution in [0.25, 0.3) is 21.0 Å². The highest BCUT2D eigenvalue weighted by Gasteiger charge is 2.44. The Morgan fingerprint density at radius 1 is 1.00 bits per heavy atom. The molecule has 0 saturated carbocycles. The predicted molar refractivity (Wildman–Crippen MR) is 116 cm³/mol. The molecule has 4 N–H and O–H groups in total. The van der Waals surface area contributed by atoms with Gasteiger partial charge in [-0.25, -0.2) is 0 Å². The number of para-hydroxylation sites is 1. The van der Waals surface area contributed by atoms with E-state index in [-0.39, 0.29) is 5.78 Å². The first-order valence-corrected chi connectivity index (χ1v) is 10.7. The number of aliphatic hydroxyl groups is 4. The van der Waals surface area contributed by atoms with Gasteiger partial charge in [-0.3, -0.25) is 4.79 Å². The maximum Gasteiger partial charge on any atom is 0.205 e. The van der Waals surface area contributed by atoms with E-state index in [2.05, 4.69) is 0 Å². The van der Waals surface area contributed by atoms with E-state index >= 15 is 0 Å². The summed E-state index contributed by atoms with van der Waals surface area (Å²) in [6, 6.07) is 16.9. The number of rotatable bonds is 4. The second-order valence-corrected chi connectivity index (χ2v) is 8.75. The summed E-state index contributed by atoms with van der Waals surface area (Å²) < 4.78 is 8.31. The number of ether oxygens (including phenoxy) is 1. The average molecular weight is 439 g/mol. The number of carbonyl (C=O) groups is 1. The molecular formula is C23H21NO6S. The Morgan fingerprint density at radius 2 is 1.74 bits per heavy atom. The van der Waals surface area contributed by atoms with Crippen LogP contribution < -0.4 is 0 Å². The van der Waals surface area contributed by atoms with Crippen molar-refractivity contribution in [3.8, 4) is 0 Å². The molecule has 0 spiro atoms. The predicted octanol–water partition coefficient (Wildman–Crippen LogP) is 2.06. The fourth-order valence-electron chi connectivity index (χ4n) is 4.13. The third-order valence-corrected chi connectivity index (χ3v) is 6.89. The number of hydrogen-bond acceptors (Lipinski definition) is 7. The Kier molecular flexibility index (Phi) is 5.13. The molecule has 7 nitrogen and oxygen atoms in total. The second-order valence-electron chi connectivity index (χ2n) is 7.66. The number of nitrogens with zero attached hydrogens (tertiary/aromatic N) is 1. The van der Waals surface area contributed by atoms with Crippen LogP contribution in [0.1, 0.15) is 21.5 Å². The van der Waals surface area contributed by atoms with E-state index < -0.39 is 37.3 Å². The lowest BCUT2D eigenvalue weighted by atomic mass is 9.98. The minimum atomic E-state index is -1.50. The number of benzene rings is 2. The third-order valence-electron chi connectivity index (χ3n) is 5.78. The molecule has 1 saturated heterocycles. The van der Waals surface area contributed by atoms with Crippen molar-refractivity contribution in [2.45, 2.75) is 30.6 Å². The van der Waals surface area contributed by atoms with Gasteiger partial charge in [0.15, 0.2) is 6.23 Å². The van der Waals surface area contributed by atoms with Crippen LogP contribution in [0.15, 0.2) is 60.8 Å². The molecule has 0 amide bonds. The van der Waals surface area contributed by atoms with Crippen molar-refractivity contribution in [2.75, 3.05) is 6.61 Å². The number of thiophene rings is 1. The SMILES string of the molecule is O=C(c1cc2ccccc2s1)c1cn(C2O[C@H](CO)[C@@H](O)[C@H](O)[C@H]2O)c2ccccc12. The largest absolute Gasteiger partial charge is 0.394 e. The molecule has 5 rings (SSSR count). The minimum Gasteiger partial charge on any atom is -0.394 e. The van der Waals surface area contributed by atoms with Gasteiger partial charge in [0, 0.05) is 21.8 Å². The van der Waals surface area contributed by atoms with Crippen molar-refractivity contribution < 1.29 is 30.0 Å². The standard InChI is InChI=1S/C23H21NO6S/c25-11-16-20(27)21(28)22(29)23(30-16)24-10-14(13-6-2-3-7-15(13)24)19(26)18-9-12-5-1-4-8-17(12)31-18/h1-10,16,20-23,25,27-29H,11H2/t16-,20-,21+,22-,23?/m1/s1. The van der Waals surface area contributed by atoms with Gasteiger partial charge in [-0.15, -0.1) is 11.3 Å². The Bertz CT molecular complexity index is 1230. The molecule has 31 heavy (non-hydrogen) atoms. The highest BCUT2D eigenvalue weighted by atomic mass is 32.1. The lowest BCUT2D eigenvalue weighted by Gasteiger charge is -2.40. The van der Waals surface area contributed by atoms with Gasteiger partial charge in [0.1, 0.15) is 24.4 Å². The smallest absolute Gasteiger partial charge is 0.205 e. The molecule has 1 fully saturated rings. The van der Waals surface area contributed by atoms with E-state index in [0.29, 0.717) is 21.3 Å². The summed E-state index contributed by atoms with van der Waals surface area (Å²) in [6.07, 6.45) is -4.91. The maximum absolute atomic E-state index is 13.4. The van der Waals surface area contributed by atoms with Crippen LogP contribution in [-0.4, -0.2) is 61.8 Å². The van der Waals surface area contributed by atoms with Crippen molar-refractivity contribution in [1.29, 1.82) is 0 Å². The lowest BCUT2D eigenvalue weighted by Crippen LogP contribution is -2.56. The topological polar surface area (TPSA) is 112 Å². The molecular weight excluding hydrogens is 418 g/mol. The van der Waals surface area contributed by atoms with E-state index in [1.54, 1.807) is 22.9 Å². The Labute approximate surface area is 181 Å². The third kappa shape index (κ3) is 3.28. The van der Waals surface area contributed by atoms with E-state index in [1.807, 2.05) is 42.5 Å². The van der Waals surface area contributed by atoms with Gasteiger partial charge < -0.3 is 29.7 Å². The Balaban J connectivity index is 1.61. The van der Waals surface area contributed by atoms with E-state index in [4.69, 9.17) is 4.74 Å². The van der Waals surface area contributed by atoms with Crippen LogP contribution in [0.4, 0.5) is 0 Å². The molecule has 0 radical (unpaired) electrons. The molecule has 4 aromatic rings. The first-order chi connectivity index (χ1) is 15.0. The summed E-state index contributed by atoms with van der Waals surface area (Å²) in [5, 5.41) is 42.1. The van der Waals surface area contributed by atoms with E-state index in [1.165, 1.54) is 11.3 Å². The quantitative estimate of drug-likeness (QED) is 0.362. The van der Waals surface area contributed by atoms with Crippen molar-refractivity contribution in [1.82, 2.24) is 4.57 Å². The first kappa shape index (κ1) is 20.3. The van der Waals surface area contributed by atoms with Crippen LogP contribution in [0.2, 0.25) is 0 Å². The monoisotopic (exact) mass is 439 g/mol. The second kappa shape index (κ2) is 7.83. The molecule has 1 aliphatic heterocycles. The highest BCUT2D eigenvalue weighted by molar-refractivity contribution is 7.21. The fraction of sp³-hybridized carbons (Fsp3) is 0.261. The normalized spacial score (nSPS) is 26.5. The molecule has 2 aromatic carbocycles. The van der Waals surface area contributed by atoms with E-state index in [0.717, 1.165) is 10.1 Å². The summed E-state index contributed by atoms with van der Waals surface area (Å²) in [6.45, 7) is -0.520. The summed E-state index contributed by atoms with van der Waals surface area (Å²) in [7, 11) is 0. The molecule has 0 bridgehead atoms. The molecule has 1 unspecified atom stereocenters. The maximum atomic E-state index is 13.4. The molecule has 160 valence electrons. The Hall–Kier alpha value is -2.59. The van der Waals surface area contributed by atoms with E-state index in [9.17, 15) is 25.2 Å². The number of aromatic nitrogens is 1. The summed E-state index contributed by atoms with van der Waals surface area (Å²) in [5.74, 6) is -0.152. The molecule has 0 aliphatic carbocycles. The van der Waals surface area contributed by atoms with Crippen molar-refractivity contribution >= 4 is 38.1 Å². The van der Waals surface area contributed by atoms with Crippen LogP contribution >= 0.6 is 11.3 Å². The van der Waals surface area contributed by atoms with Gasteiger partial charge in [0.05, 0.1) is 17.0 Å². The van der Waals surface area contributed by atoms with Crippen molar-refractivity contribution in [3.05, 3.63) is 71.2 Å². The van der Waals surface area contributed by atoms with Gasteiger partial charge in [0.25, 0.3) is 0 Å². The van der Waals surface area contributed by atoms with Crippen molar-refractivity contribution in [2.24, 2.45) is 0 Å². The number of aliphatic hydroxyl groups excluding tert-OH is 4. The fourth-order valence-corrected chi connectivity index (χ4v) is 5.15. The number of hydrogen-bond donors (Lipinski definition) is 4. The van der Waals surface area contributed by atoms with Gasteiger partial charge in [-0.1, -0.05) is 36.4 Å². The Morgan fingerprint density at radius 3 is 2.52 bits per heavy atom. The lowest BCUT2D eigenvalue weighted by molar-refractivity contribution is -0.250. The molecule has 8 heteroatoms. The zero-order chi connectivity index (χ0) is 21.7. The molecule has 1 aliphatic rings. The molecule has 3 heterocycles. The summed E-state index contributed by atoms with van der Waals surface area (Å²) in [5.41, 5.74) is 1.08. The van der Waals surface area contributed by atoms with Gasteiger partial charge >= 0.3 is 0 Å². The highest BCUT2D eigenvalue weighted by Crippen LogP contribution is 2.35. The number of carbonyl (C=O) groups excluding carboxylic acids is 1. The van der Waals surface area contributed by atoms with Crippen molar-refractivity contribution in [3.63, 3.8) is 0 Å². The minimum absolute atomic E-state index is 0.152. The summed E-state index contributed by atoms with van der Waals surface area (Å²) in [4.78, 5) is 14.0. The molecule has 5 atom stereocenters.